The molecule has 24 heavy (non-hydrogen) atoms. The lowest BCUT2D eigenvalue weighted by Crippen LogP contribution is -2.67. The number of rotatable bonds is 1. The number of aliphatic hydroxyl groups is 1. The van der Waals surface area contributed by atoms with Crippen LogP contribution < -0.4 is 0 Å². The summed E-state index contributed by atoms with van der Waals surface area (Å²) in [4.78, 5) is 12.1. The van der Waals surface area contributed by atoms with Crippen LogP contribution in [0, 0.1) is 34.0 Å². The van der Waals surface area contributed by atoms with Gasteiger partial charge >= 0.3 is 5.97 Å². The summed E-state index contributed by atoms with van der Waals surface area (Å²) in [5.74, 6) is 0.281. The molecule has 2 saturated heterocycles. The fourth-order valence-electron chi connectivity index (χ4n) is 8.57. The van der Waals surface area contributed by atoms with Crippen LogP contribution in [0.3, 0.4) is 0 Å². The van der Waals surface area contributed by atoms with E-state index in [9.17, 15) is 15.0 Å². The Labute approximate surface area is 144 Å². The average Bonchev–Trinajstić information content (AvgIpc) is 2.84. The van der Waals surface area contributed by atoms with Crippen molar-refractivity contribution >= 4 is 5.97 Å². The van der Waals surface area contributed by atoms with Crippen LogP contribution in [0.4, 0.5) is 0 Å². The lowest BCUT2D eigenvalue weighted by Gasteiger charge is -2.66. The van der Waals surface area contributed by atoms with Gasteiger partial charge in [-0.2, -0.15) is 0 Å². The molecular weight excluding hydrogens is 304 g/mol. The van der Waals surface area contributed by atoms with Gasteiger partial charge in [-0.3, -0.25) is 4.79 Å². The monoisotopic (exact) mass is 334 g/mol. The Balaban J connectivity index is 1.64. The SMILES string of the molecule is C[C@@]12CCC[C@@](C)(C(=O)O)[C@H]1C[C@@H](O)[C@]13C[C@H]4C[C@H](O[C@@]4(C)C1)[C@@H]23. The molecular formula is C20H30O4. The third kappa shape index (κ3) is 1.48. The molecule has 0 aromatic carbocycles. The molecule has 2 N–H and O–H groups in total. The molecule has 0 amide bonds. The summed E-state index contributed by atoms with van der Waals surface area (Å²) in [5, 5.41) is 21.2. The van der Waals surface area contributed by atoms with E-state index in [4.69, 9.17) is 4.74 Å². The minimum atomic E-state index is -0.710. The van der Waals surface area contributed by atoms with Crippen LogP contribution in [0.2, 0.25) is 0 Å². The zero-order chi connectivity index (χ0) is 17.1. The van der Waals surface area contributed by atoms with Crippen LogP contribution in [0.25, 0.3) is 0 Å². The Bertz CT molecular complexity index is 619. The minimum absolute atomic E-state index is 0.0219. The summed E-state index contributed by atoms with van der Waals surface area (Å²) in [6.45, 7) is 6.49. The first-order chi connectivity index (χ1) is 11.2. The summed E-state index contributed by atoms with van der Waals surface area (Å²) in [6, 6.07) is 0. The molecule has 1 spiro atoms. The number of carboxylic acids is 1. The van der Waals surface area contributed by atoms with Gasteiger partial charge in [-0.05, 0) is 75.5 Å². The highest BCUT2D eigenvalue weighted by atomic mass is 16.5. The second-order valence-corrected chi connectivity index (χ2v) is 10.4. The molecule has 2 aliphatic heterocycles. The van der Waals surface area contributed by atoms with Crippen LogP contribution >= 0.6 is 0 Å². The highest BCUT2D eigenvalue weighted by Gasteiger charge is 2.76. The minimum Gasteiger partial charge on any atom is -0.481 e. The summed E-state index contributed by atoms with van der Waals surface area (Å²) in [5.41, 5.74) is -0.803. The first-order valence-electron chi connectivity index (χ1n) is 9.75. The summed E-state index contributed by atoms with van der Waals surface area (Å²) >= 11 is 0. The van der Waals surface area contributed by atoms with Gasteiger partial charge in [-0.1, -0.05) is 13.3 Å². The molecule has 134 valence electrons. The molecule has 0 radical (unpaired) electrons. The summed E-state index contributed by atoms with van der Waals surface area (Å²) in [6.07, 6.45) is 6.48. The van der Waals surface area contributed by atoms with Crippen molar-refractivity contribution in [1.82, 2.24) is 0 Å². The molecule has 6 fully saturated rings. The second-order valence-electron chi connectivity index (χ2n) is 10.4. The van der Waals surface area contributed by atoms with Crippen LogP contribution in [0.1, 0.15) is 65.7 Å². The van der Waals surface area contributed by atoms with Crippen molar-refractivity contribution in [2.45, 2.75) is 83.5 Å². The first-order valence-corrected chi connectivity index (χ1v) is 9.75. The summed E-state index contributed by atoms with van der Waals surface area (Å²) in [7, 11) is 0. The van der Waals surface area contributed by atoms with Gasteiger partial charge in [-0.25, -0.2) is 0 Å². The van der Waals surface area contributed by atoms with Crippen molar-refractivity contribution in [3.8, 4) is 0 Å². The Morgan fingerprint density at radius 2 is 1.92 bits per heavy atom. The number of aliphatic hydroxyl groups excluding tert-OH is 1. The highest BCUT2D eigenvalue weighted by Crippen LogP contribution is 2.76. The van der Waals surface area contributed by atoms with E-state index >= 15 is 0 Å². The zero-order valence-corrected chi connectivity index (χ0v) is 15.0. The van der Waals surface area contributed by atoms with Crippen molar-refractivity contribution in [3.05, 3.63) is 0 Å². The Kier molecular flexibility index (Phi) is 2.73. The number of ether oxygens (including phenoxy) is 1. The van der Waals surface area contributed by atoms with E-state index < -0.39 is 11.4 Å². The highest BCUT2D eigenvalue weighted by molar-refractivity contribution is 5.75. The smallest absolute Gasteiger partial charge is 0.309 e. The van der Waals surface area contributed by atoms with Gasteiger partial charge in [0.25, 0.3) is 0 Å². The van der Waals surface area contributed by atoms with Gasteiger partial charge in [0, 0.05) is 5.41 Å². The van der Waals surface area contributed by atoms with E-state index in [1.54, 1.807) is 0 Å². The number of hydrogen-bond donors (Lipinski definition) is 2. The van der Waals surface area contributed by atoms with E-state index in [0.717, 1.165) is 38.5 Å². The second kappa shape index (κ2) is 4.20. The van der Waals surface area contributed by atoms with Crippen molar-refractivity contribution in [2.24, 2.45) is 34.0 Å². The molecule has 0 unspecified atom stereocenters. The number of fused-ring (bicyclic) bond motifs is 1. The van der Waals surface area contributed by atoms with E-state index in [2.05, 4.69) is 13.8 Å². The predicted molar refractivity (Wildman–Crippen MR) is 88.4 cm³/mol. The lowest BCUT2D eigenvalue weighted by atomic mass is 9.39. The van der Waals surface area contributed by atoms with E-state index in [-0.39, 0.29) is 34.6 Å². The third-order valence-corrected chi connectivity index (χ3v) is 9.40. The van der Waals surface area contributed by atoms with Crippen LogP contribution in [-0.4, -0.2) is 34.0 Å². The fourth-order valence-corrected chi connectivity index (χ4v) is 8.57. The predicted octanol–water partition coefficient (Wildman–Crippen LogP) is 3.22. The number of carbonyl (C=O) groups is 1. The van der Waals surface area contributed by atoms with Gasteiger partial charge < -0.3 is 14.9 Å². The van der Waals surface area contributed by atoms with Gasteiger partial charge in [-0.15, -0.1) is 0 Å². The standard InChI is InChI=1S/C20H30O4/c1-17-5-4-6-18(2,16(22)23)13(17)8-14(21)20-9-11-7-12(15(17)20)24-19(11,3)10-20/h11-15,21H,4-10H2,1-3H3,(H,22,23)/t11-,12+,13+,14-,15+,17-,18-,19+,20+/m1/s1. The molecule has 2 heterocycles. The largest absolute Gasteiger partial charge is 0.481 e. The molecule has 4 heteroatoms. The Hall–Kier alpha value is -0.610. The molecule has 6 aliphatic rings. The Morgan fingerprint density at radius 3 is 2.58 bits per heavy atom. The van der Waals surface area contributed by atoms with E-state index in [1.165, 1.54) is 0 Å². The Morgan fingerprint density at radius 1 is 1.17 bits per heavy atom. The topological polar surface area (TPSA) is 66.8 Å². The van der Waals surface area contributed by atoms with Crippen molar-refractivity contribution in [1.29, 1.82) is 0 Å². The van der Waals surface area contributed by atoms with Crippen LogP contribution in [-0.2, 0) is 9.53 Å². The van der Waals surface area contributed by atoms with Gasteiger partial charge in [0.05, 0.1) is 23.2 Å². The molecule has 6 rings (SSSR count). The van der Waals surface area contributed by atoms with Crippen molar-refractivity contribution < 1.29 is 19.7 Å². The molecule has 0 aromatic heterocycles. The molecule has 4 aliphatic carbocycles. The average molecular weight is 334 g/mol. The van der Waals surface area contributed by atoms with Crippen molar-refractivity contribution in [3.63, 3.8) is 0 Å². The van der Waals surface area contributed by atoms with Gasteiger partial charge in [0.2, 0.25) is 0 Å². The number of aliphatic carboxylic acids is 1. The van der Waals surface area contributed by atoms with Crippen molar-refractivity contribution in [2.75, 3.05) is 0 Å². The molecule has 0 aromatic rings. The third-order valence-electron chi connectivity index (χ3n) is 9.40. The summed E-state index contributed by atoms with van der Waals surface area (Å²) < 4.78 is 6.54. The van der Waals surface area contributed by atoms with E-state index in [0.29, 0.717) is 18.3 Å². The van der Waals surface area contributed by atoms with Gasteiger partial charge in [0.1, 0.15) is 0 Å². The normalized spacial score (nSPS) is 63.9. The lowest BCUT2D eigenvalue weighted by molar-refractivity contribution is -0.261. The fraction of sp³-hybridized carbons (Fsp3) is 0.950. The molecule has 9 atom stereocenters. The number of hydrogen-bond acceptors (Lipinski definition) is 3. The molecule has 4 saturated carbocycles. The molecule has 4 bridgehead atoms. The maximum absolute atomic E-state index is 12.1. The van der Waals surface area contributed by atoms with Crippen LogP contribution in [0.15, 0.2) is 0 Å². The quantitative estimate of drug-likeness (QED) is 0.773. The van der Waals surface area contributed by atoms with Gasteiger partial charge in [0.15, 0.2) is 0 Å². The molecule has 4 nitrogen and oxygen atoms in total. The zero-order valence-electron chi connectivity index (χ0n) is 15.0. The first kappa shape index (κ1) is 15.6. The maximum atomic E-state index is 12.1. The maximum Gasteiger partial charge on any atom is 0.309 e. The number of carboxylic acid groups (broad SMARTS) is 1. The van der Waals surface area contributed by atoms with E-state index in [1.807, 2.05) is 6.92 Å². The van der Waals surface area contributed by atoms with Crippen LogP contribution in [0.5, 0.6) is 0 Å².